The van der Waals surface area contributed by atoms with Crippen molar-refractivity contribution in [3.05, 3.63) is 29.8 Å². The predicted octanol–water partition coefficient (Wildman–Crippen LogP) is 2.09. The largest absolute Gasteiger partial charge is 0.316 e. The highest BCUT2D eigenvalue weighted by Crippen LogP contribution is 2.34. The molecule has 1 aliphatic rings. The van der Waals surface area contributed by atoms with E-state index >= 15 is 0 Å². The fourth-order valence-corrected chi connectivity index (χ4v) is 2.48. The first-order valence-electron chi connectivity index (χ1n) is 6.52. The quantitative estimate of drug-likeness (QED) is 0.847. The van der Waals surface area contributed by atoms with Gasteiger partial charge in [-0.25, -0.2) is 0 Å². The molecule has 1 heterocycles. The molecule has 102 valence electrons. The van der Waals surface area contributed by atoms with Gasteiger partial charge in [0.15, 0.2) is 0 Å². The summed E-state index contributed by atoms with van der Waals surface area (Å²) in [4.78, 5) is 25.7. The Hall–Kier alpha value is -1.68. The van der Waals surface area contributed by atoms with Crippen molar-refractivity contribution in [3.8, 4) is 0 Å². The average molecular weight is 260 g/mol. The lowest BCUT2D eigenvalue weighted by atomic mass is 9.81. The number of rotatable bonds is 3. The third-order valence-electron chi connectivity index (χ3n) is 3.31. The summed E-state index contributed by atoms with van der Waals surface area (Å²) < 4.78 is 0. The second-order valence-electron chi connectivity index (χ2n) is 5.84. The third-order valence-corrected chi connectivity index (χ3v) is 3.31. The van der Waals surface area contributed by atoms with Crippen molar-refractivity contribution in [2.24, 2.45) is 5.41 Å². The van der Waals surface area contributed by atoms with Gasteiger partial charge in [-0.1, -0.05) is 26.0 Å². The Kier molecular flexibility index (Phi) is 3.71. The minimum Gasteiger partial charge on any atom is -0.316 e. The molecule has 4 nitrogen and oxygen atoms in total. The highest BCUT2D eigenvalue weighted by atomic mass is 16.2. The summed E-state index contributed by atoms with van der Waals surface area (Å²) in [7, 11) is 1.87. The van der Waals surface area contributed by atoms with Crippen molar-refractivity contribution in [2.75, 3.05) is 11.9 Å². The van der Waals surface area contributed by atoms with Crippen molar-refractivity contribution < 1.29 is 9.59 Å². The topological polar surface area (TPSA) is 49.4 Å². The van der Waals surface area contributed by atoms with Gasteiger partial charge in [0.2, 0.25) is 11.8 Å². The summed E-state index contributed by atoms with van der Waals surface area (Å²) in [5.41, 5.74) is 1.51. The Morgan fingerprint density at radius 1 is 1.21 bits per heavy atom. The van der Waals surface area contributed by atoms with Crippen LogP contribution in [0.5, 0.6) is 0 Å². The smallest absolute Gasteiger partial charge is 0.234 e. The molecule has 0 radical (unpaired) electrons. The van der Waals surface area contributed by atoms with Crippen LogP contribution in [0.4, 0.5) is 5.69 Å². The van der Waals surface area contributed by atoms with Crippen molar-refractivity contribution in [2.45, 2.75) is 33.2 Å². The number of nitrogens with zero attached hydrogens (tertiary/aromatic N) is 1. The van der Waals surface area contributed by atoms with Crippen LogP contribution in [0.25, 0.3) is 0 Å². The highest BCUT2D eigenvalue weighted by Gasteiger charge is 2.38. The summed E-state index contributed by atoms with van der Waals surface area (Å²) >= 11 is 0. The fourth-order valence-electron chi connectivity index (χ4n) is 2.48. The molecule has 0 aliphatic carbocycles. The van der Waals surface area contributed by atoms with E-state index in [1.807, 2.05) is 45.2 Å². The Balaban J connectivity index is 2.28. The van der Waals surface area contributed by atoms with Gasteiger partial charge >= 0.3 is 0 Å². The minimum atomic E-state index is -0.229. The molecule has 1 aliphatic heterocycles. The van der Waals surface area contributed by atoms with Gasteiger partial charge in [0.05, 0.1) is 5.69 Å². The van der Waals surface area contributed by atoms with Crippen LogP contribution in [-0.4, -0.2) is 18.9 Å². The number of carbonyl (C=O) groups excluding carboxylic acids is 2. The van der Waals surface area contributed by atoms with E-state index in [-0.39, 0.29) is 17.2 Å². The molecular weight excluding hydrogens is 240 g/mol. The van der Waals surface area contributed by atoms with Crippen LogP contribution in [-0.2, 0) is 16.1 Å². The number of anilines is 1. The molecule has 0 unspecified atom stereocenters. The van der Waals surface area contributed by atoms with E-state index in [2.05, 4.69) is 5.32 Å². The van der Waals surface area contributed by atoms with Crippen LogP contribution in [0.15, 0.2) is 24.3 Å². The lowest BCUT2D eigenvalue weighted by Crippen LogP contribution is -2.46. The number of hydrogen-bond acceptors (Lipinski definition) is 3. The van der Waals surface area contributed by atoms with Crippen LogP contribution < -0.4 is 10.2 Å². The minimum absolute atomic E-state index is 0.108. The SMILES string of the molecule is CNCc1cccc(N2C(=O)CC(C)(C)CC2=O)c1. The van der Waals surface area contributed by atoms with Crippen molar-refractivity contribution >= 4 is 17.5 Å². The molecule has 2 rings (SSSR count). The van der Waals surface area contributed by atoms with Crippen molar-refractivity contribution in [3.63, 3.8) is 0 Å². The third kappa shape index (κ3) is 3.01. The fraction of sp³-hybridized carbons (Fsp3) is 0.467. The summed E-state index contributed by atoms with van der Waals surface area (Å²) in [6.45, 7) is 4.63. The molecule has 1 saturated heterocycles. The van der Waals surface area contributed by atoms with Gasteiger partial charge in [-0.05, 0) is 30.2 Å². The van der Waals surface area contributed by atoms with Crippen LogP contribution in [0.1, 0.15) is 32.3 Å². The maximum atomic E-state index is 12.2. The molecule has 1 N–H and O–H groups in total. The second-order valence-corrected chi connectivity index (χ2v) is 5.84. The summed E-state index contributed by atoms with van der Waals surface area (Å²) in [6, 6.07) is 7.56. The lowest BCUT2D eigenvalue weighted by molar-refractivity contribution is -0.132. The molecule has 4 heteroatoms. The Labute approximate surface area is 113 Å². The molecule has 2 amide bonds. The molecule has 19 heavy (non-hydrogen) atoms. The number of carbonyl (C=O) groups is 2. The van der Waals surface area contributed by atoms with Crippen molar-refractivity contribution in [1.82, 2.24) is 5.32 Å². The van der Waals surface area contributed by atoms with E-state index in [9.17, 15) is 9.59 Å². The van der Waals surface area contributed by atoms with E-state index < -0.39 is 0 Å². The van der Waals surface area contributed by atoms with E-state index in [4.69, 9.17) is 0 Å². The van der Waals surface area contributed by atoms with E-state index in [1.54, 1.807) is 0 Å². The van der Waals surface area contributed by atoms with Gasteiger partial charge < -0.3 is 5.32 Å². The predicted molar refractivity (Wildman–Crippen MR) is 74.7 cm³/mol. The molecule has 1 aromatic rings. The normalized spacial score (nSPS) is 18.8. The van der Waals surface area contributed by atoms with Crippen LogP contribution >= 0.6 is 0 Å². The molecule has 0 saturated carbocycles. The number of imide groups is 1. The van der Waals surface area contributed by atoms with Gasteiger partial charge in [0, 0.05) is 19.4 Å². The molecule has 0 atom stereocenters. The number of amides is 2. The van der Waals surface area contributed by atoms with E-state index in [0.29, 0.717) is 18.5 Å². The monoisotopic (exact) mass is 260 g/mol. The highest BCUT2D eigenvalue weighted by molar-refractivity contribution is 6.16. The first-order valence-corrected chi connectivity index (χ1v) is 6.52. The van der Waals surface area contributed by atoms with Crippen LogP contribution in [0.2, 0.25) is 0 Å². The molecular formula is C15H20N2O2. The van der Waals surface area contributed by atoms with E-state index in [1.165, 1.54) is 4.90 Å². The summed E-state index contributed by atoms with van der Waals surface area (Å²) in [6.07, 6.45) is 0.823. The Morgan fingerprint density at radius 3 is 2.42 bits per heavy atom. The number of hydrogen-bond donors (Lipinski definition) is 1. The summed E-state index contributed by atoms with van der Waals surface area (Å²) in [5, 5.41) is 3.06. The molecule has 0 bridgehead atoms. The van der Waals surface area contributed by atoms with E-state index in [0.717, 1.165) is 12.1 Å². The zero-order valence-electron chi connectivity index (χ0n) is 11.7. The van der Waals surface area contributed by atoms with Crippen LogP contribution in [0, 0.1) is 5.41 Å². The molecule has 0 aromatic heterocycles. The lowest BCUT2D eigenvalue weighted by Gasteiger charge is -2.34. The van der Waals surface area contributed by atoms with Gasteiger partial charge in [0.1, 0.15) is 0 Å². The number of benzene rings is 1. The van der Waals surface area contributed by atoms with Crippen molar-refractivity contribution in [1.29, 1.82) is 0 Å². The first-order chi connectivity index (χ1) is 8.93. The first kappa shape index (κ1) is 13.7. The average Bonchev–Trinajstić information content (AvgIpc) is 2.27. The van der Waals surface area contributed by atoms with Gasteiger partial charge in [-0.2, -0.15) is 0 Å². The standard InChI is InChI=1S/C15H20N2O2/c1-15(2)8-13(18)17(14(19)9-15)12-6-4-5-11(7-12)10-16-3/h4-7,16H,8-10H2,1-3H3. The zero-order chi connectivity index (χ0) is 14.0. The Bertz CT molecular complexity index is 489. The second kappa shape index (κ2) is 5.13. The van der Waals surface area contributed by atoms with Gasteiger partial charge in [0.25, 0.3) is 0 Å². The van der Waals surface area contributed by atoms with Crippen LogP contribution in [0.3, 0.4) is 0 Å². The molecule has 0 spiro atoms. The maximum absolute atomic E-state index is 12.2. The number of piperidine rings is 1. The maximum Gasteiger partial charge on any atom is 0.234 e. The zero-order valence-corrected chi connectivity index (χ0v) is 11.7. The van der Waals surface area contributed by atoms with Gasteiger partial charge in [-0.3, -0.25) is 14.5 Å². The Morgan fingerprint density at radius 2 is 1.84 bits per heavy atom. The number of nitrogens with one attached hydrogen (secondary N) is 1. The van der Waals surface area contributed by atoms with Gasteiger partial charge in [-0.15, -0.1) is 0 Å². The molecule has 1 fully saturated rings. The summed E-state index contributed by atoms with van der Waals surface area (Å²) in [5.74, 6) is -0.217. The molecule has 1 aromatic carbocycles.